The van der Waals surface area contributed by atoms with Crippen molar-refractivity contribution in [3.8, 4) is 0 Å². The van der Waals surface area contributed by atoms with Gasteiger partial charge >= 0.3 is 0 Å². The number of hydrogen-bond donors (Lipinski definition) is 1. The molecule has 9 heteroatoms. The predicted molar refractivity (Wildman–Crippen MR) is 93.9 cm³/mol. The number of hydrogen-bond acceptors (Lipinski definition) is 2. The second-order valence-corrected chi connectivity index (χ2v) is 7.67. The maximum atomic E-state index is 13.6. The molecule has 28 heavy (non-hydrogen) atoms. The van der Waals surface area contributed by atoms with Crippen molar-refractivity contribution >= 4 is 17.7 Å². The van der Waals surface area contributed by atoms with Gasteiger partial charge in [0.15, 0.2) is 23.3 Å². The van der Waals surface area contributed by atoms with Crippen LogP contribution in [0.1, 0.15) is 19.4 Å². The van der Waals surface area contributed by atoms with Gasteiger partial charge < -0.3 is 5.32 Å². The Morgan fingerprint density at radius 1 is 0.929 bits per heavy atom. The van der Waals surface area contributed by atoms with E-state index in [0.717, 1.165) is 11.8 Å². The van der Waals surface area contributed by atoms with Crippen molar-refractivity contribution in [2.24, 2.45) is 5.41 Å². The van der Waals surface area contributed by atoms with Crippen molar-refractivity contribution in [1.29, 1.82) is 0 Å². The minimum absolute atomic E-state index is 0.211. The number of rotatable bonds is 7. The fourth-order valence-corrected chi connectivity index (χ4v) is 3.32. The summed E-state index contributed by atoms with van der Waals surface area (Å²) in [5, 5.41) is 2.41. The van der Waals surface area contributed by atoms with E-state index >= 15 is 0 Å². The van der Waals surface area contributed by atoms with Crippen LogP contribution in [0.2, 0.25) is 0 Å². The molecule has 0 spiro atoms. The number of thioether (sulfide) groups is 1. The van der Waals surface area contributed by atoms with E-state index in [9.17, 15) is 31.1 Å². The second-order valence-electron chi connectivity index (χ2n) is 6.66. The normalized spacial score (nSPS) is 11.6. The topological polar surface area (TPSA) is 29.1 Å². The number of halogens is 6. The van der Waals surface area contributed by atoms with E-state index in [1.165, 1.54) is 12.1 Å². The SMILES string of the molecule is CC(C)(CSc1ccccc1F)C(=O)NCCc1c(F)c(F)c(F)c(F)c1F. The average molecular weight is 421 g/mol. The molecule has 0 unspecified atom stereocenters. The van der Waals surface area contributed by atoms with Crippen molar-refractivity contribution in [3.63, 3.8) is 0 Å². The molecule has 2 rings (SSSR count). The minimum Gasteiger partial charge on any atom is -0.355 e. The summed E-state index contributed by atoms with van der Waals surface area (Å²) >= 11 is 1.13. The largest absolute Gasteiger partial charge is 0.355 e. The molecule has 0 saturated heterocycles. The van der Waals surface area contributed by atoms with Crippen molar-refractivity contribution in [2.45, 2.75) is 25.2 Å². The first-order valence-corrected chi connectivity index (χ1v) is 9.20. The number of benzene rings is 2. The molecule has 0 aliphatic rings. The second kappa shape index (κ2) is 8.89. The molecule has 2 aromatic rings. The van der Waals surface area contributed by atoms with Crippen LogP contribution >= 0.6 is 11.8 Å². The molecule has 0 aliphatic heterocycles. The molecule has 2 aromatic carbocycles. The maximum absolute atomic E-state index is 13.6. The highest BCUT2D eigenvalue weighted by Crippen LogP contribution is 2.29. The highest BCUT2D eigenvalue weighted by Gasteiger charge is 2.29. The van der Waals surface area contributed by atoms with Crippen molar-refractivity contribution in [3.05, 3.63) is 64.7 Å². The Labute approximate surface area is 162 Å². The lowest BCUT2D eigenvalue weighted by Gasteiger charge is -2.23. The Bertz CT molecular complexity index is 858. The lowest BCUT2D eigenvalue weighted by Crippen LogP contribution is -2.39. The van der Waals surface area contributed by atoms with Gasteiger partial charge in [0.25, 0.3) is 0 Å². The average Bonchev–Trinajstić information content (AvgIpc) is 2.66. The van der Waals surface area contributed by atoms with Crippen molar-refractivity contribution in [2.75, 3.05) is 12.3 Å². The smallest absolute Gasteiger partial charge is 0.226 e. The summed E-state index contributed by atoms with van der Waals surface area (Å²) in [4.78, 5) is 12.7. The molecule has 0 aliphatic carbocycles. The third kappa shape index (κ3) is 4.81. The molecule has 152 valence electrons. The van der Waals surface area contributed by atoms with Crippen LogP contribution in [-0.4, -0.2) is 18.2 Å². The van der Waals surface area contributed by atoms with Gasteiger partial charge in [0.2, 0.25) is 11.7 Å². The van der Waals surface area contributed by atoms with Crippen LogP contribution in [-0.2, 0) is 11.2 Å². The summed E-state index contributed by atoms with van der Waals surface area (Å²) in [6, 6.07) is 6.05. The number of amides is 1. The van der Waals surface area contributed by atoms with Gasteiger partial charge in [-0.2, -0.15) is 0 Å². The van der Waals surface area contributed by atoms with Gasteiger partial charge in [-0.25, -0.2) is 26.3 Å². The van der Waals surface area contributed by atoms with Gasteiger partial charge in [-0.05, 0) is 18.6 Å². The molecular formula is C19H17F6NOS. The van der Waals surface area contributed by atoms with Gasteiger partial charge in [0.1, 0.15) is 5.82 Å². The Hall–Kier alpha value is -2.16. The Kier molecular flexibility index (Phi) is 7.03. The summed E-state index contributed by atoms with van der Waals surface area (Å²) in [5.74, 6) is -10.8. The molecule has 1 N–H and O–H groups in total. The summed E-state index contributed by atoms with van der Waals surface area (Å²) < 4.78 is 80.3. The van der Waals surface area contributed by atoms with E-state index in [-0.39, 0.29) is 12.3 Å². The summed E-state index contributed by atoms with van der Waals surface area (Å²) in [6.45, 7) is 2.86. The van der Waals surface area contributed by atoms with Crippen LogP contribution in [0.25, 0.3) is 0 Å². The zero-order valence-electron chi connectivity index (χ0n) is 15.0. The van der Waals surface area contributed by atoms with Crippen LogP contribution < -0.4 is 5.32 Å². The van der Waals surface area contributed by atoms with Gasteiger partial charge in [-0.3, -0.25) is 4.79 Å². The zero-order valence-corrected chi connectivity index (χ0v) is 15.8. The standard InChI is InChI=1S/C19H17F6NOS/c1-19(2,9-28-12-6-4-3-5-11(12)20)18(27)26-8-7-10-13(21)15(23)17(25)16(24)14(10)22/h3-6H,7-9H2,1-2H3,(H,26,27). The third-order valence-corrected chi connectivity index (χ3v) is 5.51. The van der Waals surface area contributed by atoms with Crippen LogP contribution in [0.15, 0.2) is 29.2 Å². The van der Waals surface area contributed by atoms with Gasteiger partial charge in [0.05, 0.1) is 5.41 Å². The highest BCUT2D eigenvalue weighted by atomic mass is 32.2. The van der Waals surface area contributed by atoms with Crippen LogP contribution in [0, 0.1) is 40.3 Å². The highest BCUT2D eigenvalue weighted by molar-refractivity contribution is 7.99. The maximum Gasteiger partial charge on any atom is 0.226 e. The number of carbonyl (C=O) groups is 1. The lowest BCUT2D eigenvalue weighted by molar-refractivity contribution is -0.128. The summed E-state index contributed by atoms with van der Waals surface area (Å²) in [7, 11) is 0. The molecule has 0 radical (unpaired) electrons. The molecule has 0 saturated carbocycles. The van der Waals surface area contributed by atoms with Gasteiger partial charge in [-0.15, -0.1) is 11.8 Å². The first kappa shape index (κ1) is 22.1. The summed E-state index contributed by atoms with van der Waals surface area (Å²) in [6.07, 6.45) is -0.575. The van der Waals surface area contributed by atoms with Crippen molar-refractivity contribution < 1.29 is 31.1 Å². The van der Waals surface area contributed by atoms with E-state index < -0.39 is 58.2 Å². The molecule has 0 bridgehead atoms. The van der Waals surface area contributed by atoms with Crippen LogP contribution in [0.3, 0.4) is 0 Å². The fraction of sp³-hybridized carbons (Fsp3) is 0.316. The molecule has 0 aromatic heterocycles. The Balaban J connectivity index is 1.97. The third-order valence-electron chi connectivity index (χ3n) is 4.00. The fourth-order valence-electron chi connectivity index (χ4n) is 2.30. The minimum atomic E-state index is -2.23. The quantitative estimate of drug-likeness (QED) is 0.295. The molecule has 0 heterocycles. The molecule has 0 fully saturated rings. The zero-order chi connectivity index (χ0) is 21.1. The monoisotopic (exact) mass is 421 g/mol. The number of carbonyl (C=O) groups excluding carboxylic acids is 1. The first-order valence-electron chi connectivity index (χ1n) is 8.22. The molecule has 2 nitrogen and oxygen atoms in total. The molecule has 1 amide bonds. The van der Waals surface area contributed by atoms with E-state index in [0.29, 0.717) is 4.90 Å². The van der Waals surface area contributed by atoms with E-state index in [2.05, 4.69) is 5.32 Å². The molecule has 0 atom stereocenters. The Morgan fingerprint density at radius 2 is 1.46 bits per heavy atom. The Morgan fingerprint density at radius 3 is 2.04 bits per heavy atom. The summed E-state index contributed by atoms with van der Waals surface area (Å²) in [5.41, 5.74) is -1.96. The number of nitrogens with one attached hydrogen (secondary N) is 1. The van der Waals surface area contributed by atoms with E-state index in [1.807, 2.05) is 0 Å². The van der Waals surface area contributed by atoms with Crippen LogP contribution in [0.4, 0.5) is 26.3 Å². The molecular weight excluding hydrogens is 404 g/mol. The van der Waals surface area contributed by atoms with E-state index in [4.69, 9.17) is 0 Å². The van der Waals surface area contributed by atoms with Gasteiger partial charge in [0, 0.05) is 22.8 Å². The first-order chi connectivity index (χ1) is 13.1. The van der Waals surface area contributed by atoms with Crippen LogP contribution in [0.5, 0.6) is 0 Å². The predicted octanol–water partition coefficient (Wildman–Crippen LogP) is 5.00. The lowest BCUT2D eigenvalue weighted by atomic mass is 9.95. The van der Waals surface area contributed by atoms with E-state index in [1.54, 1.807) is 26.0 Å². The van der Waals surface area contributed by atoms with Gasteiger partial charge in [-0.1, -0.05) is 26.0 Å². The van der Waals surface area contributed by atoms with Crippen molar-refractivity contribution in [1.82, 2.24) is 5.32 Å².